The predicted octanol–water partition coefficient (Wildman–Crippen LogP) is 2.89. The van der Waals surface area contributed by atoms with Crippen molar-refractivity contribution in [3.8, 4) is 0 Å². The molecule has 3 aromatic rings. The van der Waals surface area contributed by atoms with Crippen LogP contribution in [0.2, 0.25) is 0 Å². The number of halogens is 2. The summed E-state index contributed by atoms with van der Waals surface area (Å²) in [7, 11) is 3.92. The van der Waals surface area contributed by atoms with Gasteiger partial charge in [-0.2, -0.15) is 0 Å². The molecule has 0 aliphatic carbocycles. The van der Waals surface area contributed by atoms with Gasteiger partial charge in [-0.3, -0.25) is 9.59 Å². The van der Waals surface area contributed by atoms with E-state index < -0.39 is 23.1 Å². The first-order chi connectivity index (χ1) is 17.8. The van der Waals surface area contributed by atoms with Gasteiger partial charge in [-0.15, -0.1) is 0 Å². The molecule has 9 nitrogen and oxygen atoms in total. The highest BCUT2D eigenvalue weighted by molar-refractivity contribution is 6.35. The zero-order chi connectivity index (χ0) is 26.1. The number of ether oxygens (including phenoxy) is 1. The molecule has 37 heavy (non-hydrogen) atoms. The maximum Gasteiger partial charge on any atom is 0.259 e. The number of amides is 1. The topological polar surface area (TPSA) is 103 Å². The molecule has 0 bridgehead atoms. The SMILES string of the molecule is CN(C)CCCNc1cc2nc(/C=C3\C(=O)Nc4cc(N5CCOCC5)c(F)cc43)[nH]c(=O)c2cc1F. The average molecular weight is 511 g/mol. The van der Waals surface area contributed by atoms with Gasteiger partial charge in [0.1, 0.15) is 17.5 Å². The van der Waals surface area contributed by atoms with Crippen LogP contribution in [0.3, 0.4) is 0 Å². The molecule has 11 heteroatoms. The van der Waals surface area contributed by atoms with Gasteiger partial charge >= 0.3 is 0 Å². The molecular weight excluding hydrogens is 482 g/mol. The Morgan fingerprint density at radius 2 is 1.92 bits per heavy atom. The third-order valence-corrected chi connectivity index (χ3v) is 6.41. The van der Waals surface area contributed by atoms with Gasteiger partial charge in [-0.25, -0.2) is 13.8 Å². The van der Waals surface area contributed by atoms with Crippen LogP contribution in [-0.4, -0.2) is 74.3 Å². The number of fused-ring (bicyclic) bond motifs is 2. The van der Waals surface area contributed by atoms with Crippen LogP contribution in [0.4, 0.5) is 25.8 Å². The Kier molecular flexibility index (Phi) is 6.90. The second-order valence-electron chi connectivity index (χ2n) is 9.34. The van der Waals surface area contributed by atoms with Crippen molar-refractivity contribution in [2.45, 2.75) is 6.42 Å². The number of hydrogen-bond acceptors (Lipinski definition) is 7. The molecule has 1 aromatic heterocycles. The molecule has 3 N–H and O–H groups in total. The van der Waals surface area contributed by atoms with Gasteiger partial charge in [0.15, 0.2) is 0 Å². The quantitative estimate of drug-likeness (QED) is 0.332. The largest absolute Gasteiger partial charge is 0.383 e. The maximum atomic E-state index is 15.0. The number of aromatic nitrogens is 2. The number of nitrogens with zero attached hydrogens (tertiary/aromatic N) is 3. The Morgan fingerprint density at radius 1 is 1.14 bits per heavy atom. The van der Waals surface area contributed by atoms with Gasteiger partial charge in [0, 0.05) is 25.2 Å². The van der Waals surface area contributed by atoms with Crippen LogP contribution >= 0.6 is 0 Å². The van der Waals surface area contributed by atoms with E-state index in [0.29, 0.717) is 49.8 Å². The van der Waals surface area contributed by atoms with Crippen LogP contribution in [-0.2, 0) is 9.53 Å². The second-order valence-corrected chi connectivity index (χ2v) is 9.34. The molecule has 1 fully saturated rings. The van der Waals surface area contributed by atoms with E-state index in [4.69, 9.17) is 4.74 Å². The molecule has 194 valence electrons. The molecule has 0 unspecified atom stereocenters. The fraction of sp³-hybridized carbons (Fsp3) is 0.346. The first-order valence-corrected chi connectivity index (χ1v) is 12.1. The zero-order valence-electron chi connectivity index (χ0n) is 20.7. The summed E-state index contributed by atoms with van der Waals surface area (Å²) in [4.78, 5) is 36.4. The third kappa shape index (κ3) is 5.18. The number of aromatic amines is 1. The number of nitrogens with one attached hydrogen (secondary N) is 3. The summed E-state index contributed by atoms with van der Waals surface area (Å²) in [5.41, 5.74) is 1.41. The lowest BCUT2D eigenvalue weighted by molar-refractivity contribution is -0.110. The van der Waals surface area contributed by atoms with Crippen molar-refractivity contribution in [2.24, 2.45) is 0 Å². The third-order valence-electron chi connectivity index (χ3n) is 6.41. The molecule has 3 heterocycles. The van der Waals surface area contributed by atoms with Crippen LogP contribution in [0.15, 0.2) is 29.1 Å². The summed E-state index contributed by atoms with van der Waals surface area (Å²) < 4.78 is 34.9. The predicted molar refractivity (Wildman–Crippen MR) is 140 cm³/mol. The molecule has 0 saturated carbocycles. The fourth-order valence-corrected chi connectivity index (χ4v) is 4.53. The van der Waals surface area contributed by atoms with Crippen LogP contribution in [0.25, 0.3) is 22.6 Å². The maximum absolute atomic E-state index is 15.0. The van der Waals surface area contributed by atoms with Crippen molar-refractivity contribution in [3.05, 3.63) is 57.6 Å². The Hall–Kier alpha value is -3.83. The van der Waals surface area contributed by atoms with Gasteiger partial charge in [0.25, 0.3) is 11.5 Å². The van der Waals surface area contributed by atoms with E-state index in [1.165, 1.54) is 18.2 Å². The summed E-state index contributed by atoms with van der Waals surface area (Å²) in [5.74, 6) is -1.33. The van der Waals surface area contributed by atoms with E-state index in [1.54, 1.807) is 6.07 Å². The van der Waals surface area contributed by atoms with E-state index >= 15 is 4.39 Å². The van der Waals surface area contributed by atoms with Gasteiger partial charge < -0.3 is 30.2 Å². The standard InChI is InChI=1S/C26H28F2N6O3/c1-33(2)5-3-4-29-22-13-20-17(11-18(22)27)26(36)32-24(30-20)12-16-15-10-19(28)23(14-21(15)31-25(16)35)34-6-8-37-9-7-34/h10-14,29H,3-9H2,1-2H3,(H,31,35)(H,30,32,36)/b16-12-. The Labute approximate surface area is 212 Å². The van der Waals surface area contributed by atoms with Crippen molar-refractivity contribution < 1.29 is 18.3 Å². The fourth-order valence-electron chi connectivity index (χ4n) is 4.53. The Balaban J connectivity index is 1.46. The second kappa shape index (κ2) is 10.3. The molecule has 5 rings (SSSR count). The van der Waals surface area contributed by atoms with Gasteiger partial charge in [-0.05, 0) is 57.4 Å². The Morgan fingerprint density at radius 3 is 2.68 bits per heavy atom. The first-order valence-electron chi connectivity index (χ1n) is 12.1. The number of morpholine rings is 1. The molecule has 0 atom stereocenters. The van der Waals surface area contributed by atoms with Crippen LogP contribution in [0.1, 0.15) is 17.8 Å². The number of H-pyrrole nitrogens is 1. The molecule has 1 saturated heterocycles. The number of rotatable bonds is 7. The highest BCUT2D eigenvalue weighted by atomic mass is 19.1. The van der Waals surface area contributed by atoms with Crippen LogP contribution in [0, 0.1) is 11.6 Å². The monoisotopic (exact) mass is 510 g/mol. The van der Waals surface area contributed by atoms with E-state index in [1.807, 2.05) is 23.9 Å². The molecule has 2 aliphatic rings. The summed E-state index contributed by atoms with van der Waals surface area (Å²) in [6.45, 7) is 3.52. The highest BCUT2D eigenvalue weighted by Gasteiger charge is 2.28. The van der Waals surface area contributed by atoms with Crippen molar-refractivity contribution in [2.75, 3.05) is 69.0 Å². The molecule has 0 spiro atoms. The van der Waals surface area contributed by atoms with Crippen LogP contribution in [0.5, 0.6) is 0 Å². The normalized spacial score (nSPS) is 16.5. The first kappa shape index (κ1) is 24.8. The molecule has 2 aliphatic heterocycles. The van der Waals surface area contributed by atoms with Crippen molar-refractivity contribution >= 4 is 45.5 Å². The summed E-state index contributed by atoms with van der Waals surface area (Å²) in [6, 6.07) is 5.55. The van der Waals surface area contributed by atoms with E-state index in [2.05, 4.69) is 20.6 Å². The number of carbonyl (C=O) groups excluding carboxylic acids is 1. The smallest absolute Gasteiger partial charge is 0.259 e. The van der Waals surface area contributed by atoms with E-state index in [9.17, 15) is 14.0 Å². The number of benzene rings is 2. The van der Waals surface area contributed by atoms with Crippen LogP contribution < -0.4 is 21.1 Å². The lowest BCUT2D eigenvalue weighted by Gasteiger charge is -2.29. The number of anilines is 3. The summed E-state index contributed by atoms with van der Waals surface area (Å²) >= 11 is 0. The molecular formula is C26H28F2N6O3. The number of carbonyl (C=O) groups is 1. The molecule has 1 amide bonds. The molecule has 0 radical (unpaired) electrons. The Bertz CT molecular complexity index is 1450. The minimum absolute atomic E-state index is 0.0935. The van der Waals surface area contributed by atoms with E-state index in [0.717, 1.165) is 19.0 Å². The number of hydrogen-bond donors (Lipinski definition) is 3. The van der Waals surface area contributed by atoms with Crippen molar-refractivity contribution in [1.82, 2.24) is 14.9 Å². The minimum atomic E-state index is -0.550. The highest BCUT2D eigenvalue weighted by Crippen LogP contribution is 2.37. The zero-order valence-corrected chi connectivity index (χ0v) is 20.7. The summed E-state index contributed by atoms with van der Waals surface area (Å²) in [6.07, 6.45) is 2.21. The van der Waals surface area contributed by atoms with Gasteiger partial charge in [0.05, 0.1) is 46.8 Å². The lowest BCUT2D eigenvalue weighted by Crippen LogP contribution is -2.36. The van der Waals surface area contributed by atoms with Gasteiger partial charge in [-0.1, -0.05) is 0 Å². The van der Waals surface area contributed by atoms with E-state index in [-0.39, 0.29) is 28.0 Å². The lowest BCUT2D eigenvalue weighted by atomic mass is 10.0. The van der Waals surface area contributed by atoms with Crippen molar-refractivity contribution in [3.63, 3.8) is 0 Å². The van der Waals surface area contributed by atoms with Crippen molar-refractivity contribution in [1.29, 1.82) is 0 Å². The minimum Gasteiger partial charge on any atom is -0.383 e. The molecule has 2 aromatic carbocycles. The summed E-state index contributed by atoms with van der Waals surface area (Å²) in [5, 5.41) is 5.90. The van der Waals surface area contributed by atoms with Gasteiger partial charge in [0.2, 0.25) is 0 Å². The average Bonchev–Trinajstić information content (AvgIpc) is 3.16.